The fourth-order valence-electron chi connectivity index (χ4n) is 6.55. The summed E-state index contributed by atoms with van der Waals surface area (Å²) >= 11 is 1.25. The number of carboxylic acid groups (broad SMARTS) is 1. The number of aliphatic carboxylic acids is 1. The Labute approximate surface area is 235 Å². The maximum absolute atomic E-state index is 14.1. The molecule has 0 amide bonds. The minimum absolute atomic E-state index is 0.0843. The average molecular weight is 564 g/mol. The van der Waals surface area contributed by atoms with Crippen LogP contribution in [0.3, 0.4) is 0 Å². The van der Waals surface area contributed by atoms with E-state index in [-0.39, 0.29) is 18.0 Å². The molecule has 40 heavy (non-hydrogen) atoms. The van der Waals surface area contributed by atoms with Crippen LogP contribution in [0.25, 0.3) is 21.0 Å². The second-order valence-corrected chi connectivity index (χ2v) is 12.6. The Morgan fingerprint density at radius 3 is 2.52 bits per heavy atom. The van der Waals surface area contributed by atoms with Gasteiger partial charge >= 0.3 is 11.7 Å². The van der Waals surface area contributed by atoms with Crippen LogP contribution >= 0.6 is 11.3 Å². The number of hydrogen-bond acceptors (Lipinski definition) is 7. The normalized spacial score (nSPS) is 21.6. The molecule has 10 heteroatoms. The summed E-state index contributed by atoms with van der Waals surface area (Å²) in [5, 5.41) is 10.3. The zero-order valence-electron chi connectivity index (χ0n) is 22.8. The van der Waals surface area contributed by atoms with Crippen molar-refractivity contribution in [1.82, 2.24) is 14.1 Å². The van der Waals surface area contributed by atoms with Crippen molar-refractivity contribution in [3.63, 3.8) is 0 Å². The van der Waals surface area contributed by atoms with Gasteiger partial charge in [0.2, 0.25) is 5.89 Å². The van der Waals surface area contributed by atoms with E-state index in [1.165, 1.54) is 61.5 Å². The van der Waals surface area contributed by atoms with E-state index in [1.54, 1.807) is 6.92 Å². The number of carboxylic acids is 1. The Kier molecular flexibility index (Phi) is 6.78. The number of carbonyl (C=O) groups is 1. The minimum atomic E-state index is -1.77. The number of rotatable bonds is 8. The highest BCUT2D eigenvalue weighted by Crippen LogP contribution is 2.46. The second-order valence-electron chi connectivity index (χ2n) is 11.6. The Balaban J connectivity index is 1.52. The first-order chi connectivity index (χ1) is 19.2. The van der Waals surface area contributed by atoms with E-state index in [0.717, 1.165) is 23.0 Å². The van der Waals surface area contributed by atoms with Gasteiger partial charge in [-0.25, -0.2) is 19.1 Å². The molecule has 1 unspecified atom stereocenters. The first-order valence-electron chi connectivity index (χ1n) is 13.8. The van der Waals surface area contributed by atoms with Gasteiger partial charge in [0.05, 0.1) is 29.1 Å². The average Bonchev–Trinajstić information content (AvgIpc) is 3.71. The molecule has 0 radical (unpaired) electrons. The van der Waals surface area contributed by atoms with Crippen LogP contribution in [0, 0.1) is 18.8 Å². The molecule has 210 valence electrons. The van der Waals surface area contributed by atoms with Crippen LogP contribution in [-0.4, -0.2) is 31.3 Å². The highest BCUT2D eigenvalue weighted by Gasteiger charge is 2.40. The fourth-order valence-corrected chi connectivity index (χ4v) is 7.79. The van der Waals surface area contributed by atoms with Crippen molar-refractivity contribution in [2.45, 2.75) is 77.2 Å². The maximum Gasteiger partial charge on any atom is 0.333 e. The zero-order chi connectivity index (χ0) is 28.2. The number of aryl methyl sites for hydroxylation is 1. The monoisotopic (exact) mass is 563 g/mol. The van der Waals surface area contributed by atoms with Gasteiger partial charge in [-0.05, 0) is 56.6 Å². The van der Waals surface area contributed by atoms with Gasteiger partial charge in [-0.2, -0.15) is 0 Å². The summed E-state index contributed by atoms with van der Waals surface area (Å²) in [5.74, 6) is 0.455. The smallest absolute Gasteiger partial charge is 0.333 e. The lowest BCUT2D eigenvalue weighted by atomic mass is 10.0. The van der Waals surface area contributed by atoms with E-state index >= 15 is 0 Å². The fraction of sp³-hybridized carbons (Fsp3) is 0.467. The highest BCUT2D eigenvalue weighted by atomic mass is 32.1. The summed E-state index contributed by atoms with van der Waals surface area (Å²) in [6, 6.07) is 9.79. The van der Waals surface area contributed by atoms with Crippen molar-refractivity contribution in [2.75, 3.05) is 0 Å². The lowest BCUT2D eigenvalue weighted by Gasteiger charge is -2.27. The molecule has 0 aliphatic heterocycles. The molecule has 0 saturated heterocycles. The Morgan fingerprint density at radius 1 is 1.20 bits per heavy atom. The van der Waals surface area contributed by atoms with Crippen LogP contribution in [0.5, 0.6) is 0 Å². The van der Waals surface area contributed by atoms with Gasteiger partial charge in [-0.1, -0.05) is 49.6 Å². The quantitative estimate of drug-likeness (QED) is 0.307. The molecule has 0 bridgehead atoms. The van der Waals surface area contributed by atoms with Crippen LogP contribution in [-0.2, 0) is 21.6 Å². The number of hydrogen-bond donors (Lipinski definition) is 1. The van der Waals surface area contributed by atoms with E-state index in [2.05, 4.69) is 4.98 Å². The molecule has 1 aromatic carbocycles. The van der Waals surface area contributed by atoms with Crippen LogP contribution in [0.1, 0.15) is 63.2 Å². The third-order valence-electron chi connectivity index (χ3n) is 8.75. The van der Waals surface area contributed by atoms with Crippen LogP contribution < -0.4 is 11.2 Å². The Bertz CT molecular complexity index is 1660. The van der Waals surface area contributed by atoms with Crippen molar-refractivity contribution in [1.29, 1.82) is 0 Å². The van der Waals surface area contributed by atoms with Gasteiger partial charge in [0, 0.05) is 0 Å². The van der Waals surface area contributed by atoms with Crippen LogP contribution in [0.15, 0.2) is 56.8 Å². The van der Waals surface area contributed by atoms with Crippen LogP contribution in [0.2, 0.25) is 0 Å². The molecular weight excluding hydrogens is 530 g/mol. The van der Waals surface area contributed by atoms with Crippen molar-refractivity contribution in [3.05, 3.63) is 74.8 Å². The molecule has 2 aliphatic rings. The predicted octanol–water partition coefficient (Wildman–Crippen LogP) is 5.34. The number of aromatic nitrogens is 3. The number of thiophene rings is 1. The summed E-state index contributed by atoms with van der Waals surface area (Å²) in [5.41, 5.74) is -1.57. The lowest BCUT2D eigenvalue weighted by molar-refractivity contribution is -0.146. The molecule has 2 fully saturated rings. The second kappa shape index (κ2) is 10.2. The Hall–Kier alpha value is -3.50. The molecule has 2 saturated carbocycles. The molecule has 3 heterocycles. The molecule has 3 aromatic heterocycles. The van der Waals surface area contributed by atoms with E-state index in [4.69, 9.17) is 9.15 Å². The number of benzene rings is 1. The van der Waals surface area contributed by atoms with E-state index in [9.17, 15) is 19.5 Å². The highest BCUT2D eigenvalue weighted by molar-refractivity contribution is 7.22. The van der Waals surface area contributed by atoms with Gasteiger partial charge in [0.1, 0.15) is 22.7 Å². The SMILES string of the molecule is Cc1c(-c2ncco2)sc2c1c(=O)n(C(C)(C)C(=O)O)c(=O)n2CC(O[C@H]1C[C@H]2CCC[C@H]2C1)c1ccccc1. The van der Waals surface area contributed by atoms with Gasteiger partial charge < -0.3 is 14.3 Å². The number of oxazole rings is 1. The molecule has 0 spiro atoms. The van der Waals surface area contributed by atoms with Crippen LogP contribution in [0.4, 0.5) is 0 Å². The minimum Gasteiger partial charge on any atom is -0.480 e. The molecule has 9 nitrogen and oxygen atoms in total. The lowest BCUT2D eigenvalue weighted by Crippen LogP contribution is -2.52. The molecule has 4 aromatic rings. The maximum atomic E-state index is 14.1. The summed E-state index contributed by atoms with van der Waals surface area (Å²) < 4.78 is 14.7. The van der Waals surface area contributed by atoms with Crippen molar-refractivity contribution in [3.8, 4) is 10.8 Å². The van der Waals surface area contributed by atoms with Gasteiger partial charge in [-0.15, -0.1) is 11.3 Å². The third kappa shape index (κ3) is 4.43. The topological polar surface area (TPSA) is 117 Å². The largest absolute Gasteiger partial charge is 0.480 e. The van der Waals surface area contributed by atoms with Crippen molar-refractivity contribution >= 4 is 27.5 Å². The molecule has 6 rings (SSSR count). The summed E-state index contributed by atoms with van der Waals surface area (Å²) in [7, 11) is 0. The summed E-state index contributed by atoms with van der Waals surface area (Å²) in [6.45, 7) is 4.64. The van der Waals surface area contributed by atoms with E-state index in [0.29, 0.717) is 33.0 Å². The van der Waals surface area contributed by atoms with Gasteiger partial charge in [0.25, 0.3) is 5.56 Å². The zero-order valence-corrected chi connectivity index (χ0v) is 23.6. The van der Waals surface area contributed by atoms with Gasteiger partial charge in [-0.3, -0.25) is 9.36 Å². The first kappa shape index (κ1) is 26.7. The van der Waals surface area contributed by atoms with Gasteiger partial charge in [0.15, 0.2) is 0 Å². The predicted molar refractivity (Wildman–Crippen MR) is 152 cm³/mol. The number of nitrogens with zero attached hydrogens (tertiary/aromatic N) is 3. The van der Waals surface area contributed by atoms with Crippen molar-refractivity contribution in [2.24, 2.45) is 11.8 Å². The summed E-state index contributed by atoms with van der Waals surface area (Å²) in [4.78, 5) is 45.5. The molecule has 2 aliphatic carbocycles. The first-order valence-corrected chi connectivity index (χ1v) is 14.6. The summed E-state index contributed by atoms with van der Waals surface area (Å²) in [6.07, 6.45) is 8.39. The number of fused-ring (bicyclic) bond motifs is 2. The number of ether oxygens (including phenoxy) is 1. The Morgan fingerprint density at radius 2 is 1.90 bits per heavy atom. The third-order valence-corrected chi connectivity index (χ3v) is 10.0. The molecular formula is C30H33N3O6S. The standard InChI is InChI=1S/C30H33N3O6S/c1-17-23-26(34)33(30(2,3)28(35)36)29(37)32(27(23)40-24(17)25-31-12-13-38-25)16-22(18-8-5-4-6-9-18)39-21-14-19-10-7-11-20(19)15-21/h4-6,8-9,12-13,19-22H,7,10-11,14-16H2,1-3H3,(H,35,36)/t19-,20+,21+,22?. The van der Waals surface area contributed by atoms with Crippen molar-refractivity contribution < 1.29 is 19.1 Å². The van der Waals surface area contributed by atoms with E-state index < -0.39 is 28.9 Å². The molecule has 4 atom stereocenters. The molecule has 1 N–H and O–H groups in total. The van der Waals surface area contributed by atoms with E-state index in [1.807, 2.05) is 30.3 Å².